The van der Waals surface area contributed by atoms with Crippen molar-refractivity contribution in [3.63, 3.8) is 0 Å². The highest BCUT2D eigenvalue weighted by atomic mass is 79.9. The number of carbonyl (C=O) groups excluding carboxylic acids is 3. The summed E-state index contributed by atoms with van der Waals surface area (Å²) in [7, 11) is 2.87. The topological polar surface area (TPSA) is 103 Å². The van der Waals surface area contributed by atoms with Crippen LogP contribution in [0.25, 0.3) is 0 Å². The molecule has 0 bridgehead atoms. The Kier molecular flexibility index (Phi) is 8.10. The number of rotatable bonds is 8. The van der Waals surface area contributed by atoms with Crippen LogP contribution in [0, 0.1) is 11.6 Å². The molecule has 0 radical (unpaired) electrons. The Labute approximate surface area is 178 Å². The van der Waals surface area contributed by atoms with E-state index >= 15 is 0 Å². The summed E-state index contributed by atoms with van der Waals surface area (Å²) in [4.78, 5) is 35.7. The summed E-state index contributed by atoms with van der Waals surface area (Å²) in [5.41, 5.74) is -0.0750. The fourth-order valence-corrected chi connectivity index (χ4v) is 2.77. The van der Waals surface area contributed by atoms with Crippen LogP contribution in [0.5, 0.6) is 11.5 Å². The van der Waals surface area contributed by atoms with Crippen LogP contribution in [-0.2, 0) is 14.3 Å². The van der Waals surface area contributed by atoms with Crippen molar-refractivity contribution in [1.82, 2.24) is 5.32 Å². The average Bonchev–Trinajstić information content (AvgIpc) is 2.72. The van der Waals surface area contributed by atoms with Crippen molar-refractivity contribution in [2.75, 3.05) is 32.7 Å². The van der Waals surface area contributed by atoms with E-state index in [4.69, 9.17) is 14.2 Å². The molecule has 0 saturated carbocycles. The summed E-state index contributed by atoms with van der Waals surface area (Å²) in [5, 5.41) is 4.49. The van der Waals surface area contributed by atoms with Gasteiger partial charge < -0.3 is 24.8 Å². The van der Waals surface area contributed by atoms with Crippen molar-refractivity contribution in [3.8, 4) is 11.5 Å². The van der Waals surface area contributed by atoms with Crippen LogP contribution in [0.2, 0.25) is 0 Å². The zero-order valence-corrected chi connectivity index (χ0v) is 17.5. The maximum Gasteiger partial charge on any atom is 0.325 e. The van der Waals surface area contributed by atoms with Crippen molar-refractivity contribution in [2.24, 2.45) is 0 Å². The van der Waals surface area contributed by atoms with Crippen molar-refractivity contribution in [2.45, 2.75) is 0 Å². The highest BCUT2D eigenvalue weighted by Crippen LogP contribution is 2.28. The number of halogens is 3. The molecule has 2 aromatic rings. The van der Waals surface area contributed by atoms with Gasteiger partial charge in [-0.05, 0) is 40.2 Å². The van der Waals surface area contributed by atoms with Crippen LogP contribution in [0.1, 0.15) is 10.4 Å². The van der Waals surface area contributed by atoms with Gasteiger partial charge in [-0.3, -0.25) is 14.4 Å². The molecule has 11 heteroatoms. The number of nitrogens with one attached hydrogen (secondary N) is 2. The highest BCUT2D eigenvalue weighted by molar-refractivity contribution is 9.10. The fourth-order valence-electron chi connectivity index (χ4n) is 2.27. The molecule has 8 nitrogen and oxygen atoms in total. The lowest BCUT2D eigenvalue weighted by Crippen LogP contribution is -2.32. The van der Waals surface area contributed by atoms with Crippen LogP contribution in [0.4, 0.5) is 14.5 Å². The highest BCUT2D eigenvalue weighted by Gasteiger charge is 2.16. The van der Waals surface area contributed by atoms with Gasteiger partial charge >= 0.3 is 5.97 Å². The van der Waals surface area contributed by atoms with Crippen molar-refractivity contribution >= 4 is 39.4 Å². The Bertz CT molecular complexity index is 947. The Morgan fingerprint density at radius 2 is 1.73 bits per heavy atom. The van der Waals surface area contributed by atoms with Gasteiger partial charge in [0.05, 0.1) is 19.9 Å². The van der Waals surface area contributed by atoms with Gasteiger partial charge in [0.1, 0.15) is 12.4 Å². The third-order valence-corrected chi connectivity index (χ3v) is 4.30. The minimum atomic E-state index is -0.997. The molecule has 0 aromatic heterocycles. The molecule has 0 spiro atoms. The fraction of sp³-hybridized carbons (Fsp3) is 0.211. The number of anilines is 1. The van der Waals surface area contributed by atoms with Gasteiger partial charge in [0.25, 0.3) is 11.8 Å². The first-order valence-corrected chi connectivity index (χ1v) is 9.14. The molecule has 0 aliphatic carbocycles. The summed E-state index contributed by atoms with van der Waals surface area (Å²) in [5.74, 6) is -3.36. The van der Waals surface area contributed by atoms with Gasteiger partial charge in [0.2, 0.25) is 0 Å². The van der Waals surface area contributed by atoms with E-state index in [9.17, 15) is 23.2 Å². The lowest BCUT2D eigenvalue weighted by atomic mass is 10.2. The number of esters is 1. The normalized spacial score (nSPS) is 10.2. The van der Waals surface area contributed by atoms with Crippen molar-refractivity contribution in [1.29, 1.82) is 0 Å². The zero-order valence-electron chi connectivity index (χ0n) is 15.9. The standard InChI is InChI=1S/C19H17BrF2N2O6/c1-28-14-4-3-10(5-15(14)29-2)19(27)23-8-17(26)30-9-16(25)24-18-12(20)6-11(21)7-13(18)22/h3-7H,8-9H2,1-2H3,(H,23,27)(H,24,25). The van der Waals surface area contributed by atoms with Crippen LogP contribution in [0.15, 0.2) is 34.8 Å². The van der Waals surface area contributed by atoms with Gasteiger partial charge in [0, 0.05) is 16.1 Å². The van der Waals surface area contributed by atoms with Crippen LogP contribution < -0.4 is 20.1 Å². The first kappa shape index (κ1) is 23.1. The molecule has 0 atom stereocenters. The minimum Gasteiger partial charge on any atom is -0.493 e. The number of carbonyl (C=O) groups is 3. The summed E-state index contributed by atoms with van der Waals surface area (Å²) in [6.45, 7) is -1.23. The predicted molar refractivity (Wildman–Crippen MR) is 106 cm³/mol. The minimum absolute atomic E-state index is 0.0122. The second kappa shape index (κ2) is 10.5. The summed E-state index contributed by atoms with van der Waals surface area (Å²) >= 11 is 2.92. The number of benzene rings is 2. The van der Waals surface area contributed by atoms with E-state index in [2.05, 4.69) is 26.6 Å². The lowest BCUT2D eigenvalue weighted by Gasteiger charge is -2.11. The number of methoxy groups -OCH3 is 2. The van der Waals surface area contributed by atoms with E-state index in [0.29, 0.717) is 17.6 Å². The first-order chi connectivity index (χ1) is 14.2. The molecular formula is C19H17BrF2N2O6. The molecule has 2 N–H and O–H groups in total. The van der Waals surface area contributed by atoms with Gasteiger partial charge in [-0.2, -0.15) is 0 Å². The van der Waals surface area contributed by atoms with Gasteiger partial charge in [-0.25, -0.2) is 8.78 Å². The third kappa shape index (κ3) is 6.14. The quantitative estimate of drug-likeness (QED) is 0.556. The van der Waals surface area contributed by atoms with Gasteiger partial charge in [-0.1, -0.05) is 0 Å². The Hall–Kier alpha value is -3.21. The summed E-state index contributed by atoms with van der Waals surface area (Å²) in [6.07, 6.45) is 0. The van der Waals surface area contributed by atoms with E-state index in [-0.39, 0.29) is 15.7 Å². The summed E-state index contributed by atoms with van der Waals surface area (Å²) < 4.78 is 41.6. The van der Waals surface area contributed by atoms with E-state index in [1.54, 1.807) is 0 Å². The number of hydrogen-bond acceptors (Lipinski definition) is 6. The van der Waals surface area contributed by atoms with Gasteiger partial charge in [-0.15, -0.1) is 0 Å². The molecule has 30 heavy (non-hydrogen) atoms. The maximum absolute atomic E-state index is 13.7. The molecule has 0 heterocycles. The van der Waals surface area contributed by atoms with E-state index in [1.165, 1.54) is 32.4 Å². The average molecular weight is 487 g/mol. The van der Waals surface area contributed by atoms with Crippen LogP contribution in [0.3, 0.4) is 0 Å². The monoisotopic (exact) mass is 486 g/mol. The second-order valence-corrected chi connectivity index (χ2v) is 6.56. The SMILES string of the molecule is COc1ccc(C(=O)NCC(=O)OCC(=O)Nc2c(F)cc(F)cc2Br)cc1OC. The van der Waals surface area contributed by atoms with E-state index < -0.39 is 42.6 Å². The van der Waals surface area contributed by atoms with Crippen molar-refractivity contribution in [3.05, 3.63) is 52.0 Å². The zero-order chi connectivity index (χ0) is 22.3. The first-order valence-electron chi connectivity index (χ1n) is 8.35. The Balaban J connectivity index is 1.83. The molecule has 0 saturated heterocycles. The van der Waals surface area contributed by atoms with E-state index in [0.717, 1.165) is 6.07 Å². The van der Waals surface area contributed by atoms with Crippen LogP contribution in [-0.4, -0.2) is 45.2 Å². The van der Waals surface area contributed by atoms with Crippen molar-refractivity contribution < 1.29 is 37.4 Å². The third-order valence-electron chi connectivity index (χ3n) is 3.67. The molecule has 0 unspecified atom stereocenters. The molecule has 160 valence electrons. The van der Waals surface area contributed by atoms with Gasteiger partial charge in [0.15, 0.2) is 23.9 Å². The number of ether oxygens (including phenoxy) is 3. The molecule has 0 fully saturated rings. The largest absolute Gasteiger partial charge is 0.493 e. The smallest absolute Gasteiger partial charge is 0.325 e. The lowest BCUT2D eigenvalue weighted by molar-refractivity contribution is -0.146. The maximum atomic E-state index is 13.7. The predicted octanol–water partition coefficient (Wildman–Crippen LogP) is 2.66. The Morgan fingerprint density at radius 3 is 2.37 bits per heavy atom. The molecular weight excluding hydrogens is 470 g/mol. The molecule has 0 aliphatic rings. The molecule has 2 rings (SSSR count). The number of amides is 2. The van der Waals surface area contributed by atoms with E-state index in [1.807, 2.05) is 0 Å². The molecule has 0 aliphatic heterocycles. The molecule has 2 amide bonds. The number of hydrogen-bond donors (Lipinski definition) is 2. The summed E-state index contributed by atoms with van der Waals surface area (Å²) in [6, 6.07) is 6.00. The van der Waals surface area contributed by atoms with Crippen LogP contribution >= 0.6 is 15.9 Å². The Morgan fingerprint density at radius 1 is 1.03 bits per heavy atom. The molecule has 2 aromatic carbocycles. The second-order valence-electron chi connectivity index (χ2n) is 5.71.